The van der Waals surface area contributed by atoms with E-state index < -0.39 is 0 Å². The van der Waals surface area contributed by atoms with Gasteiger partial charge in [0.1, 0.15) is 0 Å². The van der Waals surface area contributed by atoms with Crippen LogP contribution in [-0.4, -0.2) is 20.8 Å². The minimum atomic E-state index is 0.0728. The van der Waals surface area contributed by atoms with Gasteiger partial charge in [0, 0.05) is 37.3 Å². The lowest BCUT2D eigenvalue weighted by atomic mass is 10.1. The molecule has 0 aliphatic heterocycles. The number of carbonyl (C=O) groups is 1. The molecule has 0 saturated carbocycles. The van der Waals surface area contributed by atoms with Gasteiger partial charge >= 0.3 is 0 Å². The molecule has 0 spiro atoms. The second-order valence-corrected chi connectivity index (χ2v) is 8.55. The quantitative estimate of drug-likeness (QED) is 0.388. The van der Waals surface area contributed by atoms with Crippen LogP contribution in [-0.2, 0) is 30.7 Å². The Hall–Kier alpha value is -3.31. The van der Waals surface area contributed by atoms with E-state index in [2.05, 4.69) is 36.2 Å². The van der Waals surface area contributed by atoms with Crippen molar-refractivity contribution in [2.45, 2.75) is 32.9 Å². The van der Waals surface area contributed by atoms with E-state index in [0.29, 0.717) is 19.5 Å². The molecule has 31 heavy (non-hydrogen) atoms. The first-order valence-electron chi connectivity index (χ1n) is 10.4. The second kappa shape index (κ2) is 10.1. The summed E-state index contributed by atoms with van der Waals surface area (Å²) < 4.78 is 0. The fourth-order valence-corrected chi connectivity index (χ4v) is 4.31. The molecule has 0 fully saturated rings. The number of amides is 1. The van der Waals surface area contributed by atoms with E-state index in [9.17, 15) is 4.79 Å². The summed E-state index contributed by atoms with van der Waals surface area (Å²) >= 11 is 1.62. The number of aryl methyl sites for hydroxylation is 1. The van der Waals surface area contributed by atoms with Crippen molar-refractivity contribution in [3.63, 3.8) is 0 Å². The number of hydrogen-bond acceptors (Lipinski definition) is 4. The van der Waals surface area contributed by atoms with Crippen LogP contribution in [0.4, 0.5) is 0 Å². The van der Waals surface area contributed by atoms with Crippen LogP contribution in [0, 0.1) is 6.92 Å². The Balaban J connectivity index is 1.48. The van der Waals surface area contributed by atoms with E-state index in [1.807, 2.05) is 58.9 Å². The van der Waals surface area contributed by atoms with Gasteiger partial charge in [0.15, 0.2) is 0 Å². The van der Waals surface area contributed by atoms with E-state index in [4.69, 9.17) is 4.98 Å². The molecule has 0 atom stereocenters. The third kappa shape index (κ3) is 5.86. The van der Waals surface area contributed by atoms with Gasteiger partial charge in [0.05, 0.1) is 17.1 Å². The predicted octanol–water partition coefficient (Wildman–Crippen LogP) is 5.21. The highest BCUT2D eigenvalue weighted by molar-refractivity contribution is 7.09. The van der Waals surface area contributed by atoms with E-state index >= 15 is 0 Å². The number of thiazole rings is 1. The topological polar surface area (TPSA) is 46.1 Å². The van der Waals surface area contributed by atoms with Gasteiger partial charge in [-0.1, -0.05) is 60.7 Å². The van der Waals surface area contributed by atoms with Crippen LogP contribution in [0.15, 0.2) is 84.5 Å². The molecule has 0 aliphatic carbocycles. The summed E-state index contributed by atoms with van der Waals surface area (Å²) in [6, 6.07) is 22.4. The van der Waals surface area contributed by atoms with Gasteiger partial charge in [-0.2, -0.15) is 0 Å². The van der Waals surface area contributed by atoms with Gasteiger partial charge in [0.2, 0.25) is 5.91 Å². The van der Waals surface area contributed by atoms with Crippen molar-refractivity contribution < 1.29 is 4.79 Å². The normalized spacial score (nSPS) is 10.7. The molecule has 0 aliphatic rings. The highest BCUT2D eigenvalue weighted by Crippen LogP contribution is 2.18. The number of carbonyl (C=O) groups excluding carboxylic acids is 1. The average molecular weight is 428 g/mol. The Morgan fingerprint density at radius 2 is 1.71 bits per heavy atom. The van der Waals surface area contributed by atoms with Crippen molar-refractivity contribution in [3.8, 4) is 0 Å². The molecule has 0 radical (unpaired) electrons. The number of nitrogens with zero attached hydrogens (tertiary/aromatic N) is 3. The summed E-state index contributed by atoms with van der Waals surface area (Å²) in [5, 5.41) is 3.04. The van der Waals surface area contributed by atoms with Gasteiger partial charge in [0.25, 0.3) is 0 Å². The second-order valence-electron chi connectivity index (χ2n) is 7.61. The molecule has 2 heterocycles. The van der Waals surface area contributed by atoms with Gasteiger partial charge in [-0.15, -0.1) is 11.3 Å². The van der Waals surface area contributed by atoms with E-state index in [1.54, 1.807) is 17.5 Å². The van der Waals surface area contributed by atoms with Gasteiger partial charge in [-0.3, -0.25) is 9.78 Å². The van der Waals surface area contributed by atoms with E-state index in [1.165, 1.54) is 11.1 Å². The molecule has 0 unspecified atom stereocenters. The fraction of sp³-hybridized carbons (Fsp3) is 0.192. The van der Waals surface area contributed by atoms with Gasteiger partial charge in [-0.05, 0) is 35.2 Å². The Morgan fingerprint density at radius 1 is 0.935 bits per heavy atom. The lowest BCUT2D eigenvalue weighted by molar-refractivity contribution is -0.131. The molecule has 156 valence electrons. The minimum Gasteiger partial charge on any atom is -0.334 e. The molecule has 2 aromatic heterocycles. The molecule has 4 aromatic rings. The monoisotopic (exact) mass is 427 g/mol. The van der Waals surface area contributed by atoms with Crippen molar-refractivity contribution in [1.82, 2.24) is 14.9 Å². The molecular weight excluding hydrogens is 402 g/mol. The molecule has 5 heteroatoms. The molecule has 4 rings (SSSR count). The summed E-state index contributed by atoms with van der Waals surface area (Å²) in [5.41, 5.74) is 5.43. The Bertz CT molecular complexity index is 1130. The van der Waals surface area contributed by atoms with Crippen LogP contribution < -0.4 is 0 Å². The predicted molar refractivity (Wildman–Crippen MR) is 125 cm³/mol. The van der Waals surface area contributed by atoms with Crippen LogP contribution in [0.3, 0.4) is 0 Å². The lowest BCUT2D eigenvalue weighted by Gasteiger charge is -2.23. The number of benzene rings is 2. The van der Waals surface area contributed by atoms with Crippen LogP contribution in [0.5, 0.6) is 0 Å². The summed E-state index contributed by atoms with van der Waals surface area (Å²) in [5.74, 6) is 0.0728. The smallest absolute Gasteiger partial charge is 0.229 e. The molecule has 0 bridgehead atoms. The zero-order chi connectivity index (χ0) is 21.5. The maximum absolute atomic E-state index is 13.3. The van der Waals surface area contributed by atoms with E-state index in [0.717, 1.165) is 28.2 Å². The first-order chi connectivity index (χ1) is 15.2. The van der Waals surface area contributed by atoms with Crippen LogP contribution >= 0.6 is 11.3 Å². The van der Waals surface area contributed by atoms with Crippen molar-refractivity contribution in [2.75, 3.05) is 0 Å². The standard InChI is InChI=1S/C26H25N3OS/c1-20-8-5-6-12-23(20)18-29(17-22-11-7-13-27-16-22)26(30)15-24-19-31-25(28-24)14-21-9-3-2-4-10-21/h2-13,16,19H,14-15,17-18H2,1H3. The molecule has 2 aromatic carbocycles. The summed E-state index contributed by atoms with van der Waals surface area (Å²) in [4.78, 5) is 24.1. The molecule has 0 saturated heterocycles. The third-order valence-corrected chi connectivity index (χ3v) is 6.10. The number of pyridine rings is 1. The Labute approximate surface area is 187 Å². The maximum atomic E-state index is 13.3. The van der Waals surface area contributed by atoms with Gasteiger partial charge < -0.3 is 4.90 Å². The lowest BCUT2D eigenvalue weighted by Crippen LogP contribution is -2.31. The fourth-order valence-electron chi connectivity index (χ4n) is 3.49. The van der Waals surface area contributed by atoms with Crippen molar-refractivity contribution in [1.29, 1.82) is 0 Å². The first kappa shape index (κ1) is 20.9. The Morgan fingerprint density at radius 3 is 2.48 bits per heavy atom. The molecule has 1 amide bonds. The number of hydrogen-bond donors (Lipinski definition) is 0. The minimum absolute atomic E-state index is 0.0728. The van der Waals surface area contributed by atoms with Crippen LogP contribution in [0.1, 0.15) is 33.0 Å². The highest BCUT2D eigenvalue weighted by atomic mass is 32.1. The molecule has 4 nitrogen and oxygen atoms in total. The molecular formula is C26H25N3OS. The van der Waals surface area contributed by atoms with Gasteiger partial charge in [-0.25, -0.2) is 4.98 Å². The van der Waals surface area contributed by atoms with Crippen LogP contribution in [0.25, 0.3) is 0 Å². The average Bonchev–Trinajstić information content (AvgIpc) is 3.22. The first-order valence-corrected chi connectivity index (χ1v) is 11.2. The SMILES string of the molecule is Cc1ccccc1CN(Cc1cccnc1)C(=O)Cc1csc(Cc2ccccc2)n1. The number of rotatable bonds is 8. The maximum Gasteiger partial charge on any atom is 0.229 e. The van der Waals surface area contributed by atoms with Crippen LogP contribution in [0.2, 0.25) is 0 Å². The molecule has 0 N–H and O–H groups in total. The largest absolute Gasteiger partial charge is 0.334 e. The van der Waals surface area contributed by atoms with Crippen molar-refractivity contribution in [3.05, 3.63) is 117 Å². The zero-order valence-electron chi connectivity index (χ0n) is 17.6. The Kier molecular flexibility index (Phi) is 6.85. The number of aromatic nitrogens is 2. The summed E-state index contributed by atoms with van der Waals surface area (Å²) in [7, 11) is 0. The summed E-state index contributed by atoms with van der Waals surface area (Å²) in [6.45, 7) is 3.18. The zero-order valence-corrected chi connectivity index (χ0v) is 18.4. The third-order valence-electron chi connectivity index (χ3n) is 5.20. The highest BCUT2D eigenvalue weighted by Gasteiger charge is 2.18. The van der Waals surface area contributed by atoms with E-state index in [-0.39, 0.29) is 5.91 Å². The summed E-state index contributed by atoms with van der Waals surface area (Å²) in [6.07, 6.45) is 4.67. The van der Waals surface area contributed by atoms with Crippen molar-refractivity contribution >= 4 is 17.2 Å². The van der Waals surface area contributed by atoms with Crippen molar-refractivity contribution in [2.24, 2.45) is 0 Å².